The first-order valence-electron chi connectivity index (χ1n) is 9.24. The number of benzene rings is 2. The highest BCUT2D eigenvalue weighted by molar-refractivity contribution is 5.79. The number of aromatic amines is 1. The summed E-state index contributed by atoms with van der Waals surface area (Å²) in [4.78, 5) is 0. The maximum atomic E-state index is 14.2. The molecule has 0 aliphatic rings. The van der Waals surface area contributed by atoms with Gasteiger partial charge in [0.25, 0.3) is 0 Å². The Morgan fingerprint density at radius 3 is 2.61 bits per heavy atom. The number of ether oxygens (including phenoxy) is 1. The van der Waals surface area contributed by atoms with E-state index in [1.807, 2.05) is 6.07 Å². The lowest BCUT2D eigenvalue weighted by Crippen LogP contribution is -2.02. The lowest BCUT2D eigenvalue weighted by Gasteiger charge is -2.14. The molecule has 2 aromatic carbocycles. The number of nitrogens with zero attached hydrogens (tertiary/aromatic N) is 5. The van der Waals surface area contributed by atoms with Crippen molar-refractivity contribution < 1.29 is 13.5 Å². The highest BCUT2D eigenvalue weighted by Gasteiger charge is 2.17. The largest absolute Gasteiger partial charge is 0.454 e. The van der Waals surface area contributed by atoms with Crippen LogP contribution >= 0.6 is 0 Å². The molecule has 0 radical (unpaired) electrons. The maximum absolute atomic E-state index is 14.2. The van der Waals surface area contributed by atoms with Gasteiger partial charge in [0.05, 0.1) is 17.6 Å². The van der Waals surface area contributed by atoms with Gasteiger partial charge in [0.2, 0.25) is 5.65 Å². The number of hydrogen-bond donors (Lipinski definition) is 2. The van der Waals surface area contributed by atoms with E-state index in [0.717, 1.165) is 23.3 Å². The van der Waals surface area contributed by atoms with Crippen molar-refractivity contribution in [2.75, 3.05) is 5.73 Å². The fourth-order valence-electron chi connectivity index (χ4n) is 3.22. The summed E-state index contributed by atoms with van der Waals surface area (Å²) >= 11 is 0. The monoisotopic (exact) mass is 419 g/mol. The summed E-state index contributed by atoms with van der Waals surface area (Å²) in [5, 5.41) is 19.3. The van der Waals surface area contributed by atoms with E-state index in [9.17, 15) is 8.78 Å². The highest BCUT2D eigenvalue weighted by atomic mass is 19.1. The van der Waals surface area contributed by atoms with Crippen LogP contribution in [0.3, 0.4) is 0 Å². The van der Waals surface area contributed by atoms with Gasteiger partial charge in [-0.1, -0.05) is 6.07 Å². The van der Waals surface area contributed by atoms with Crippen LogP contribution in [-0.4, -0.2) is 30.0 Å². The molecule has 3 heterocycles. The Morgan fingerprint density at radius 1 is 1.00 bits per heavy atom. The summed E-state index contributed by atoms with van der Waals surface area (Å²) in [5.74, 6) is -0.754. The highest BCUT2D eigenvalue weighted by Crippen LogP contribution is 2.37. The predicted octanol–water partition coefficient (Wildman–Crippen LogP) is 4.14. The van der Waals surface area contributed by atoms with Gasteiger partial charge in [-0.3, -0.25) is 5.10 Å². The Balaban J connectivity index is 1.69. The van der Waals surface area contributed by atoms with Crippen molar-refractivity contribution >= 4 is 11.3 Å². The second-order valence-corrected chi connectivity index (χ2v) is 6.84. The molecule has 0 saturated carbocycles. The number of aryl methyl sites for hydroxylation is 1. The smallest absolute Gasteiger partial charge is 0.200 e. The number of hydrogen-bond acceptors (Lipinski definition) is 6. The Kier molecular flexibility index (Phi) is 4.32. The summed E-state index contributed by atoms with van der Waals surface area (Å²) in [6.45, 7) is 1.75. The number of fused-ring (bicyclic) bond motifs is 1. The van der Waals surface area contributed by atoms with Crippen LogP contribution in [-0.2, 0) is 0 Å². The van der Waals surface area contributed by atoms with Crippen molar-refractivity contribution in [3.05, 3.63) is 72.3 Å². The first-order chi connectivity index (χ1) is 15.0. The van der Waals surface area contributed by atoms with E-state index in [1.165, 1.54) is 10.6 Å². The van der Waals surface area contributed by atoms with Gasteiger partial charge >= 0.3 is 0 Å². The molecular formula is C21H15F2N7O. The second kappa shape index (κ2) is 7.17. The van der Waals surface area contributed by atoms with Crippen LogP contribution in [0.5, 0.6) is 11.5 Å². The summed E-state index contributed by atoms with van der Waals surface area (Å²) in [6, 6.07) is 10.1. The van der Waals surface area contributed by atoms with E-state index >= 15 is 0 Å². The van der Waals surface area contributed by atoms with Crippen LogP contribution in [0.4, 0.5) is 14.5 Å². The zero-order chi connectivity index (χ0) is 21.5. The third-order valence-electron chi connectivity index (χ3n) is 4.76. The molecule has 3 N–H and O–H groups in total. The van der Waals surface area contributed by atoms with Gasteiger partial charge in [-0.15, -0.1) is 10.2 Å². The summed E-state index contributed by atoms with van der Waals surface area (Å²) in [6.07, 6.45) is 3.42. The molecular weight excluding hydrogens is 404 g/mol. The van der Waals surface area contributed by atoms with Gasteiger partial charge in [0.1, 0.15) is 11.6 Å². The molecule has 0 amide bonds. The molecule has 3 aromatic heterocycles. The first kappa shape index (κ1) is 18.7. The van der Waals surface area contributed by atoms with Crippen LogP contribution in [0, 0.1) is 18.6 Å². The number of H-pyrrole nitrogens is 1. The molecule has 0 bridgehead atoms. The predicted molar refractivity (Wildman–Crippen MR) is 109 cm³/mol. The topological polar surface area (TPSA) is 107 Å². The zero-order valence-electron chi connectivity index (χ0n) is 16.2. The second-order valence-electron chi connectivity index (χ2n) is 6.84. The molecule has 10 heteroatoms. The summed E-state index contributed by atoms with van der Waals surface area (Å²) in [5.41, 5.74) is 9.65. The van der Waals surface area contributed by atoms with E-state index in [-0.39, 0.29) is 5.75 Å². The van der Waals surface area contributed by atoms with E-state index in [0.29, 0.717) is 34.2 Å². The molecule has 5 aromatic rings. The van der Waals surface area contributed by atoms with Gasteiger partial charge in [-0.05, 0) is 42.8 Å². The molecule has 0 saturated heterocycles. The minimum Gasteiger partial charge on any atom is -0.454 e. The Hall–Kier alpha value is -4.34. The average molecular weight is 419 g/mol. The molecule has 5 rings (SSSR count). The molecule has 154 valence electrons. The van der Waals surface area contributed by atoms with Crippen LogP contribution < -0.4 is 10.5 Å². The van der Waals surface area contributed by atoms with Crippen molar-refractivity contribution in [2.45, 2.75) is 6.92 Å². The van der Waals surface area contributed by atoms with Gasteiger partial charge in [-0.2, -0.15) is 14.7 Å². The third kappa shape index (κ3) is 3.33. The first-order valence-corrected chi connectivity index (χ1v) is 9.24. The normalized spacial score (nSPS) is 11.2. The zero-order valence-corrected chi connectivity index (χ0v) is 16.2. The average Bonchev–Trinajstić information content (AvgIpc) is 3.41. The summed E-state index contributed by atoms with van der Waals surface area (Å²) in [7, 11) is 0. The Labute approximate surface area is 174 Å². The third-order valence-corrected chi connectivity index (χ3v) is 4.76. The minimum atomic E-state index is -0.817. The van der Waals surface area contributed by atoms with Gasteiger partial charge in [0, 0.05) is 23.4 Å². The SMILES string of the molecule is Cc1nnc2c(N)cc(-c3cc(-c4cn[nH]c4)ccc3Oc3ccc(F)cc3F)nn12. The standard InChI is InChI=1S/C21H15F2N7O/c1-11-27-28-21-17(24)8-18(29-30(11)21)15-6-12(13-9-25-26-10-13)2-4-19(15)31-20-5-3-14(22)7-16(20)23/h2-10H,24H2,1H3,(H,25,26). The van der Waals surface area contributed by atoms with E-state index in [4.69, 9.17) is 10.5 Å². The van der Waals surface area contributed by atoms with Crippen molar-refractivity contribution in [3.63, 3.8) is 0 Å². The number of halogens is 2. The number of nitrogens with two attached hydrogens (primary N) is 1. The van der Waals surface area contributed by atoms with Crippen LogP contribution in [0.15, 0.2) is 54.9 Å². The number of anilines is 1. The Bertz CT molecular complexity index is 1410. The summed E-state index contributed by atoms with van der Waals surface area (Å²) < 4.78 is 34.8. The minimum absolute atomic E-state index is 0.117. The van der Waals surface area contributed by atoms with Crippen LogP contribution in [0.25, 0.3) is 28.0 Å². The molecule has 0 spiro atoms. The van der Waals surface area contributed by atoms with Crippen molar-refractivity contribution in [1.82, 2.24) is 30.0 Å². The fraction of sp³-hybridized carbons (Fsp3) is 0.0476. The number of nitrogen functional groups attached to an aromatic ring is 1. The molecule has 0 unspecified atom stereocenters. The van der Waals surface area contributed by atoms with Gasteiger partial charge in [-0.25, -0.2) is 8.78 Å². The number of aromatic nitrogens is 6. The molecule has 0 aliphatic carbocycles. The van der Waals surface area contributed by atoms with E-state index < -0.39 is 11.6 Å². The molecule has 0 atom stereocenters. The van der Waals surface area contributed by atoms with Gasteiger partial charge < -0.3 is 10.5 Å². The molecule has 8 nitrogen and oxygen atoms in total. The van der Waals surface area contributed by atoms with Gasteiger partial charge in [0.15, 0.2) is 17.4 Å². The van der Waals surface area contributed by atoms with E-state index in [2.05, 4.69) is 25.5 Å². The quantitative estimate of drug-likeness (QED) is 0.453. The molecule has 0 fully saturated rings. The van der Waals surface area contributed by atoms with Crippen LogP contribution in [0.1, 0.15) is 5.82 Å². The molecule has 31 heavy (non-hydrogen) atoms. The molecule has 0 aliphatic heterocycles. The lowest BCUT2D eigenvalue weighted by molar-refractivity contribution is 0.439. The van der Waals surface area contributed by atoms with E-state index in [1.54, 1.807) is 37.5 Å². The van der Waals surface area contributed by atoms with Crippen molar-refractivity contribution in [2.24, 2.45) is 0 Å². The number of nitrogens with one attached hydrogen (secondary N) is 1. The van der Waals surface area contributed by atoms with Crippen molar-refractivity contribution in [3.8, 4) is 33.9 Å². The lowest BCUT2D eigenvalue weighted by atomic mass is 10.0. The van der Waals surface area contributed by atoms with Crippen LogP contribution in [0.2, 0.25) is 0 Å². The Morgan fingerprint density at radius 2 is 1.84 bits per heavy atom. The fourth-order valence-corrected chi connectivity index (χ4v) is 3.22. The van der Waals surface area contributed by atoms with Crippen molar-refractivity contribution in [1.29, 1.82) is 0 Å². The number of rotatable bonds is 4. The maximum Gasteiger partial charge on any atom is 0.200 e.